The SMILES string of the molecule is COC(=O)N(C(=O)OC(C)(C)C)c1nccc(-c2ccc(OC[C@@](C)(N)CC(C)C)c(C)c2)n1. The number of rotatable bonds is 7. The lowest BCUT2D eigenvalue weighted by Crippen LogP contribution is -2.43. The van der Waals surface area contributed by atoms with Gasteiger partial charge in [0.15, 0.2) is 0 Å². The fourth-order valence-corrected chi connectivity index (χ4v) is 3.46. The summed E-state index contributed by atoms with van der Waals surface area (Å²) in [7, 11) is 1.17. The van der Waals surface area contributed by atoms with Crippen LogP contribution in [0.5, 0.6) is 5.75 Å². The molecule has 2 rings (SSSR count). The number of carbonyl (C=O) groups is 2. The number of methoxy groups -OCH3 is 1. The number of aromatic nitrogens is 2. The van der Waals surface area contributed by atoms with E-state index in [-0.39, 0.29) is 5.95 Å². The van der Waals surface area contributed by atoms with Gasteiger partial charge in [-0.05, 0) is 76.8 Å². The number of benzene rings is 1. The molecule has 1 atom stereocenters. The molecule has 0 radical (unpaired) electrons. The highest BCUT2D eigenvalue weighted by molar-refractivity contribution is 6.08. The summed E-state index contributed by atoms with van der Waals surface area (Å²) in [5, 5.41) is 0. The van der Waals surface area contributed by atoms with E-state index in [1.807, 2.05) is 32.0 Å². The summed E-state index contributed by atoms with van der Waals surface area (Å²) in [5.74, 6) is 1.05. The topological polar surface area (TPSA) is 117 Å². The highest BCUT2D eigenvalue weighted by Crippen LogP contribution is 2.27. The maximum Gasteiger partial charge on any atom is 0.427 e. The molecule has 1 heterocycles. The molecule has 9 nitrogen and oxygen atoms in total. The van der Waals surface area contributed by atoms with Gasteiger partial charge in [-0.1, -0.05) is 13.8 Å². The zero-order chi connectivity index (χ0) is 25.7. The Kier molecular flexibility index (Phi) is 8.61. The number of nitrogens with zero attached hydrogens (tertiary/aromatic N) is 3. The lowest BCUT2D eigenvalue weighted by Gasteiger charge is -2.27. The van der Waals surface area contributed by atoms with Crippen LogP contribution in [0.3, 0.4) is 0 Å². The zero-order valence-electron chi connectivity index (χ0n) is 21.3. The fraction of sp³-hybridized carbons (Fsp3) is 0.520. The third-order valence-electron chi connectivity index (χ3n) is 4.68. The molecule has 34 heavy (non-hydrogen) atoms. The zero-order valence-corrected chi connectivity index (χ0v) is 21.3. The molecule has 9 heteroatoms. The molecule has 0 unspecified atom stereocenters. The minimum atomic E-state index is -0.947. The molecule has 0 spiro atoms. The van der Waals surface area contributed by atoms with Crippen molar-refractivity contribution in [3.8, 4) is 17.0 Å². The predicted molar refractivity (Wildman–Crippen MR) is 131 cm³/mol. The molecule has 0 aliphatic heterocycles. The van der Waals surface area contributed by atoms with Crippen molar-refractivity contribution < 1.29 is 23.8 Å². The van der Waals surface area contributed by atoms with Crippen molar-refractivity contribution in [1.29, 1.82) is 0 Å². The number of hydrogen-bond donors (Lipinski definition) is 1. The van der Waals surface area contributed by atoms with Crippen LogP contribution < -0.4 is 15.4 Å². The number of ether oxygens (including phenoxy) is 3. The standard InChI is InChI=1S/C25H36N4O5/c1-16(2)14-25(7,26)15-33-20-10-9-18(13-17(20)3)19-11-12-27-21(28-19)29(22(30)32-8)23(31)34-24(4,5)6/h9-13,16H,14-15,26H2,1-8H3/t25-/m0/s1. The second-order valence-corrected chi connectivity index (χ2v) is 10.0. The van der Waals surface area contributed by atoms with E-state index in [4.69, 9.17) is 19.9 Å². The van der Waals surface area contributed by atoms with Crippen LogP contribution in [0.1, 0.15) is 53.5 Å². The second kappa shape index (κ2) is 10.8. The molecule has 0 bridgehead atoms. The van der Waals surface area contributed by atoms with E-state index in [2.05, 4.69) is 23.8 Å². The van der Waals surface area contributed by atoms with E-state index in [0.717, 1.165) is 23.3 Å². The maximum absolute atomic E-state index is 12.6. The van der Waals surface area contributed by atoms with Gasteiger partial charge >= 0.3 is 12.2 Å². The Morgan fingerprint density at radius 2 is 1.79 bits per heavy atom. The van der Waals surface area contributed by atoms with Crippen LogP contribution in [-0.4, -0.2) is 47.0 Å². The lowest BCUT2D eigenvalue weighted by molar-refractivity contribution is 0.0573. The van der Waals surface area contributed by atoms with Crippen molar-refractivity contribution in [2.24, 2.45) is 11.7 Å². The summed E-state index contributed by atoms with van der Waals surface area (Å²) in [6.45, 7) is 13.7. The average Bonchev–Trinajstić information content (AvgIpc) is 2.70. The van der Waals surface area contributed by atoms with Gasteiger partial charge < -0.3 is 19.9 Å². The Labute approximate surface area is 201 Å². The number of amides is 2. The van der Waals surface area contributed by atoms with Gasteiger partial charge in [0.05, 0.1) is 12.8 Å². The Balaban J connectivity index is 2.29. The van der Waals surface area contributed by atoms with Crippen molar-refractivity contribution in [1.82, 2.24) is 9.97 Å². The number of nitrogens with two attached hydrogens (primary N) is 1. The number of anilines is 1. The third-order valence-corrected chi connectivity index (χ3v) is 4.68. The first-order chi connectivity index (χ1) is 15.7. The first kappa shape index (κ1) is 27.0. The summed E-state index contributed by atoms with van der Waals surface area (Å²) in [6.07, 6.45) is 0.436. The van der Waals surface area contributed by atoms with Crippen molar-refractivity contribution in [2.75, 3.05) is 18.6 Å². The molecule has 0 aliphatic rings. The van der Waals surface area contributed by atoms with Crippen LogP contribution >= 0.6 is 0 Å². The number of imide groups is 1. The summed E-state index contributed by atoms with van der Waals surface area (Å²) in [6, 6.07) is 7.29. The Bertz CT molecular complexity index is 1010. The minimum absolute atomic E-state index is 0.149. The average molecular weight is 473 g/mol. The quantitative estimate of drug-likeness (QED) is 0.591. The van der Waals surface area contributed by atoms with Gasteiger partial charge in [0.1, 0.15) is 18.0 Å². The van der Waals surface area contributed by atoms with Crippen molar-refractivity contribution >= 4 is 18.1 Å². The number of hydrogen-bond acceptors (Lipinski definition) is 8. The molecule has 2 N–H and O–H groups in total. The van der Waals surface area contributed by atoms with Gasteiger partial charge in [0.25, 0.3) is 0 Å². The van der Waals surface area contributed by atoms with Gasteiger partial charge in [-0.25, -0.2) is 19.6 Å². The Morgan fingerprint density at radius 1 is 1.12 bits per heavy atom. The fourth-order valence-electron chi connectivity index (χ4n) is 3.46. The summed E-state index contributed by atoms with van der Waals surface area (Å²) >= 11 is 0. The first-order valence-electron chi connectivity index (χ1n) is 11.2. The van der Waals surface area contributed by atoms with E-state index in [0.29, 0.717) is 23.1 Å². The maximum atomic E-state index is 12.6. The van der Waals surface area contributed by atoms with Crippen LogP contribution in [0, 0.1) is 12.8 Å². The Hall–Kier alpha value is -3.20. The highest BCUT2D eigenvalue weighted by atomic mass is 16.6. The molecule has 186 valence electrons. The monoisotopic (exact) mass is 472 g/mol. The minimum Gasteiger partial charge on any atom is -0.491 e. The lowest BCUT2D eigenvalue weighted by atomic mass is 9.93. The van der Waals surface area contributed by atoms with Crippen molar-refractivity contribution in [3.05, 3.63) is 36.0 Å². The smallest absolute Gasteiger partial charge is 0.427 e. The van der Waals surface area contributed by atoms with Crippen LogP contribution in [0.4, 0.5) is 15.5 Å². The van der Waals surface area contributed by atoms with Gasteiger partial charge in [-0.3, -0.25) is 0 Å². The van der Waals surface area contributed by atoms with Gasteiger partial charge in [0, 0.05) is 17.3 Å². The molecule has 0 saturated heterocycles. The van der Waals surface area contributed by atoms with E-state index >= 15 is 0 Å². The van der Waals surface area contributed by atoms with Gasteiger partial charge in [-0.2, -0.15) is 0 Å². The number of aryl methyl sites for hydroxylation is 1. The number of carbonyl (C=O) groups excluding carboxylic acids is 2. The van der Waals surface area contributed by atoms with Crippen LogP contribution in [0.15, 0.2) is 30.5 Å². The molecule has 0 fully saturated rings. The molecule has 0 aliphatic carbocycles. The van der Waals surface area contributed by atoms with Crippen LogP contribution in [0.25, 0.3) is 11.3 Å². The first-order valence-corrected chi connectivity index (χ1v) is 11.2. The van der Waals surface area contributed by atoms with Crippen LogP contribution in [-0.2, 0) is 9.47 Å². The molecule has 2 aromatic rings. The van der Waals surface area contributed by atoms with Gasteiger partial charge in [0.2, 0.25) is 5.95 Å². The largest absolute Gasteiger partial charge is 0.491 e. The predicted octanol–water partition coefficient (Wildman–Crippen LogP) is 5.10. The summed E-state index contributed by atoms with van der Waals surface area (Å²) in [4.78, 5) is 34.1. The molecule has 1 aromatic carbocycles. The summed E-state index contributed by atoms with van der Waals surface area (Å²) < 4.78 is 16.0. The summed E-state index contributed by atoms with van der Waals surface area (Å²) in [5.41, 5.74) is 7.29. The van der Waals surface area contributed by atoms with E-state index in [1.54, 1.807) is 26.8 Å². The van der Waals surface area contributed by atoms with Gasteiger partial charge in [-0.15, -0.1) is 4.90 Å². The van der Waals surface area contributed by atoms with E-state index in [1.165, 1.54) is 13.3 Å². The molecular weight excluding hydrogens is 436 g/mol. The highest BCUT2D eigenvalue weighted by Gasteiger charge is 2.32. The Morgan fingerprint density at radius 3 is 2.35 bits per heavy atom. The van der Waals surface area contributed by atoms with Crippen LogP contribution in [0.2, 0.25) is 0 Å². The van der Waals surface area contributed by atoms with Crippen molar-refractivity contribution in [3.63, 3.8) is 0 Å². The van der Waals surface area contributed by atoms with E-state index < -0.39 is 23.3 Å². The molecule has 0 saturated carbocycles. The molecule has 2 amide bonds. The normalized spacial score (nSPS) is 13.2. The van der Waals surface area contributed by atoms with Crippen molar-refractivity contribution in [2.45, 2.75) is 66.0 Å². The molecule has 1 aromatic heterocycles. The second-order valence-electron chi connectivity index (χ2n) is 10.0. The molecular formula is C25H36N4O5. The van der Waals surface area contributed by atoms with E-state index in [9.17, 15) is 9.59 Å². The third kappa shape index (κ3) is 7.69.